The van der Waals surface area contributed by atoms with Gasteiger partial charge in [0.1, 0.15) is 0 Å². The van der Waals surface area contributed by atoms with Gasteiger partial charge in [0, 0.05) is 24.4 Å². The van der Waals surface area contributed by atoms with Crippen molar-refractivity contribution in [3.63, 3.8) is 0 Å². The SMILES string of the molecule is CC(C)(C)NC(=O)[C@@H]1CCCCN1C[C@@H](O)C[C@@H](Cc1ccccc1)C(=O)NC1c2ccccc2C[C@H]1O. The maximum atomic E-state index is 13.6. The third-order valence-electron chi connectivity index (χ3n) is 7.61. The lowest BCUT2D eigenvalue weighted by atomic mass is 9.91. The summed E-state index contributed by atoms with van der Waals surface area (Å²) in [5.74, 6) is -0.648. The molecule has 0 bridgehead atoms. The minimum absolute atomic E-state index is 0.00290. The summed E-state index contributed by atoms with van der Waals surface area (Å²) < 4.78 is 0. The summed E-state index contributed by atoms with van der Waals surface area (Å²) in [4.78, 5) is 28.7. The molecule has 206 valence electrons. The van der Waals surface area contributed by atoms with E-state index in [9.17, 15) is 19.8 Å². The molecule has 2 aliphatic rings. The van der Waals surface area contributed by atoms with Crippen molar-refractivity contribution in [2.75, 3.05) is 13.1 Å². The Balaban J connectivity index is 1.45. The number of aliphatic hydroxyl groups is 2. The van der Waals surface area contributed by atoms with Gasteiger partial charge >= 0.3 is 0 Å². The number of carbonyl (C=O) groups excluding carboxylic acids is 2. The third-order valence-corrected chi connectivity index (χ3v) is 7.61. The van der Waals surface area contributed by atoms with Gasteiger partial charge in [0.25, 0.3) is 0 Å². The maximum absolute atomic E-state index is 13.6. The second-order valence-electron chi connectivity index (χ2n) is 12.0. The van der Waals surface area contributed by atoms with Crippen molar-refractivity contribution in [2.45, 2.75) is 89.1 Å². The number of carbonyl (C=O) groups is 2. The van der Waals surface area contributed by atoms with E-state index in [-0.39, 0.29) is 29.8 Å². The molecule has 1 aliphatic heterocycles. The Morgan fingerprint density at radius 2 is 1.76 bits per heavy atom. The minimum Gasteiger partial charge on any atom is -0.392 e. The highest BCUT2D eigenvalue weighted by Gasteiger charge is 2.35. The molecule has 2 aromatic carbocycles. The maximum Gasteiger partial charge on any atom is 0.237 e. The number of piperidine rings is 1. The Hall–Kier alpha value is -2.74. The second kappa shape index (κ2) is 12.4. The van der Waals surface area contributed by atoms with Crippen LogP contribution in [0.5, 0.6) is 0 Å². The Labute approximate surface area is 226 Å². The minimum atomic E-state index is -0.765. The topological polar surface area (TPSA) is 102 Å². The Kier molecular flexibility index (Phi) is 9.23. The van der Waals surface area contributed by atoms with Crippen LogP contribution in [0.15, 0.2) is 54.6 Å². The van der Waals surface area contributed by atoms with E-state index in [1.165, 1.54) is 0 Å². The quantitative estimate of drug-likeness (QED) is 0.406. The van der Waals surface area contributed by atoms with E-state index in [1.807, 2.05) is 75.4 Å². The fraction of sp³-hybridized carbons (Fsp3) is 0.548. The molecule has 7 nitrogen and oxygen atoms in total. The summed E-state index contributed by atoms with van der Waals surface area (Å²) in [7, 11) is 0. The molecule has 38 heavy (non-hydrogen) atoms. The van der Waals surface area contributed by atoms with Crippen molar-refractivity contribution < 1.29 is 19.8 Å². The highest BCUT2D eigenvalue weighted by atomic mass is 16.3. The van der Waals surface area contributed by atoms with Crippen LogP contribution in [0.3, 0.4) is 0 Å². The molecule has 1 heterocycles. The van der Waals surface area contributed by atoms with E-state index in [0.717, 1.165) is 42.5 Å². The van der Waals surface area contributed by atoms with E-state index in [1.54, 1.807) is 0 Å². The molecular weight excluding hydrogens is 478 g/mol. The van der Waals surface area contributed by atoms with Crippen molar-refractivity contribution >= 4 is 11.8 Å². The molecule has 0 spiro atoms. The zero-order chi connectivity index (χ0) is 27.3. The lowest BCUT2D eigenvalue weighted by Crippen LogP contribution is -2.55. The number of likely N-dealkylation sites (tertiary alicyclic amines) is 1. The molecule has 1 unspecified atom stereocenters. The van der Waals surface area contributed by atoms with Crippen LogP contribution in [0.2, 0.25) is 0 Å². The number of rotatable bonds is 9. The van der Waals surface area contributed by atoms with E-state index < -0.39 is 24.2 Å². The molecule has 1 saturated heterocycles. The molecule has 0 radical (unpaired) electrons. The van der Waals surface area contributed by atoms with Crippen molar-refractivity contribution in [1.29, 1.82) is 0 Å². The highest BCUT2D eigenvalue weighted by Crippen LogP contribution is 2.32. The Bertz CT molecular complexity index is 1080. The number of aliphatic hydroxyl groups excluding tert-OH is 2. The van der Waals surface area contributed by atoms with Gasteiger partial charge in [0.15, 0.2) is 0 Å². The average Bonchev–Trinajstić information content (AvgIpc) is 3.18. The number of nitrogens with one attached hydrogen (secondary N) is 2. The molecule has 0 saturated carbocycles. The van der Waals surface area contributed by atoms with Gasteiger partial charge in [-0.1, -0.05) is 61.0 Å². The fourth-order valence-corrected chi connectivity index (χ4v) is 5.83. The van der Waals surface area contributed by atoms with E-state index in [2.05, 4.69) is 15.5 Å². The van der Waals surface area contributed by atoms with Gasteiger partial charge in [-0.3, -0.25) is 14.5 Å². The predicted octanol–water partition coefficient (Wildman–Crippen LogP) is 3.14. The molecule has 2 amide bonds. The number of fused-ring (bicyclic) bond motifs is 1. The van der Waals surface area contributed by atoms with Crippen molar-refractivity contribution in [2.24, 2.45) is 5.92 Å². The Morgan fingerprint density at radius 3 is 2.50 bits per heavy atom. The molecule has 5 atom stereocenters. The van der Waals surface area contributed by atoms with Gasteiger partial charge in [0.2, 0.25) is 11.8 Å². The lowest BCUT2D eigenvalue weighted by Gasteiger charge is -2.37. The number of amides is 2. The van der Waals surface area contributed by atoms with Gasteiger partial charge in [-0.25, -0.2) is 0 Å². The van der Waals surface area contributed by atoms with Crippen molar-refractivity contribution in [1.82, 2.24) is 15.5 Å². The lowest BCUT2D eigenvalue weighted by molar-refractivity contribution is -0.131. The van der Waals surface area contributed by atoms with Gasteiger partial charge < -0.3 is 20.8 Å². The zero-order valence-corrected chi connectivity index (χ0v) is 22.9. The number of hydrogen-bond acceptors (Lipinski definition) is 5. The van der Waals surface area contributed by atoms with Crippen molar-refractivity contribution in [3.05, 3.63) is 71.3 Å². The molecule has 2 aromatic rings. The number of β-amino-alcohol motifs (C(OH)–C–C–N with tert-alkyl or cyclic N) is 1. The predicted molar refractivity (Wildman–Crippen MR) is 148 cm³/mol. The van der Waals surface area contributed by atoms with E-state index in [0.29, 0.717) is 19.4 Å². The van der Waals surface area contributed by atoms with Crippen LogP contribution in [0.25, 0.3) is 0 Å². The second-order valence-corrected chi connectivity index (χ2v) is 12.0. The summed E-state index contributed by atoms with van der Waals surface area (Å²) in [6.07, 6.45) is 2.57. The van der Waals surface area contributed by atoms with Gasteiger partial charge in [0.05, 0.1) is 24.3 Å². The fourth-order valence-electron chi connectivity index (χ4n) is 5.83. The van der Waals surface area contributed by atoms with Crippen LogP contribution in [-0.4, -0.2) is 63.8 Å². The molecular formula is C31H43N3O4. The van der Waals surface area contributed by atoms with Crippen molar-refractivity contribution in [3.8, 4) is 0 Å². The van der Waals surface area contributed by atoms with Gasteiger partial charge in [-0.15, -0.1) is 0 Å². The largest absolute Gasteiger partial charge is 0.392 e. The van der Waals surface area contributed by atoms with Crippen LogP contribution in [-0.2, 0) is 22.4 Å². The summed E-state index contributed by atoms with van der Waals surface area (Å²) in [6.45, 7) is 7.01. The van der Waals surface area contributed by atoms with Crippen LogP contribution in [0.4, 0.5) is 0 Å². The first-order chi connectivity index (χ1) is 18.1. The normalized spacial score (nSPS) is 23.3. The Morgan fingerprint density at radius 1 is 1.05 bits per heavy atom. The summed E-state index contributed by atoms with van der Waals surface area (Å²) in [5, 5.41) is 28.1. The smallest absolute Gasteiger partial charge is 0.237 e. The monoisotopic (exact) mass is 521 g/mol. The van der Waals surface area contributed by atoms with E-state index >= 15 is 0 Å². The summed E-state index contributed by atoms with van der Waals surface area (Å²) in [5.41, 5.74) is 2.71. The average molecular weight is 522 g/mol. The van der Waals surface area contributed by atoms with Crippen LogP contribution < -0.4 is 10.6 Å². The molecule has 4 N–H and O–H groups in total. The molecule has 4 rings (SSSR count). The summed E-state index contributed by atoms with van der Waals surface area (Å²) >= 11 is 0. The van der Waals surface area contributed by atoms with Gasteiger partial charge in [-0.05, 0) is 69.7 Å². The standard InChI is InChI=1S/C31H43N3O4/c1-31(2,3)33-30(38)26-15-9-10-16-34(26)20-24(35)18-23(17-21-11-5-4-6-12-21)29(37)32-28-25-14-8-7-13-22(25)19-27(28)36/h4-8,11-14,23-24,26-28,35-36H,9-10,15-20H2,1-3H3,(H,32,37)(H,33,38)/t23-,24+,26+,27-,28?/m1/s1. The third kappa shape index (κ3) is 7.43. The number of nitrogens with zero attached hydrogens (tertiary/aromatic N) is 1. The van der Waals surface area contributed by atoms with E-state index in [4.69, 9.17) is 0 Å². The molecule has 1 fully saturated rings. The first-order valence-corrected chi connectivity index (χ1v) is 13.9. The molecule has 0 aromatic heterocycles. The molecule has 7 heteroatoms. The first kappa shape index (κ1) is 28.3. The number of benzene rings is 2. The van der Waals surface area contributed by atoms with Crippen LogP contribution in [0, 0.1) is 5.92 Å². The summed E-state index contributed by atoms with van der Waals surface area (Å²) in [6, 6.07) is 16.9. The van der Waals surface area contributed by atoms with Gasteiger partial charge in [-0.2, -0.15) is 0 Å². The first-order valence-electron chi connectivity index (χ1n) is 13.9. The highest BCUT2D eigenvalue weighted by molar-refractivity contribution is 5.82. The molecule has 1 aliphatic carbocycles. The van der Waals surface area contributed by atoms with Crippen LogP contribution >= 0.6 is 0 Å². The number of hydrogen-bond donors (Lipinski definition) is 4. The van der Waals surface area contributed by atoms with Crippen LogP contribution in [0.1, 0.15) is 69.2 Å². The zero-order valence-electron chi connectivity index (χ0n) is 22.9.